The average molecular weight is 417 g/mol. The van der Waals surface area contributed by atoms with E-state index in [9.17, 15) is 4.79 Å². The molecular weight excluding hydrogens is 388 g/mol. The second-order valence-electron chi connectivity index (χ2n) is 7.95. The van der Waals surface area contributed by atoms with E-state index < -0.39 is 5.60 Å². The minimum Gasteiger partial charge on any atom is -0.381 e. The summed E-state index contributed by atoms with van der Waals surface area (Å²) in [6.07, 6.45) is 5.98. The zero-order valence-corrected chi connectivity index (χ0v) is 18.2. The van der Waals surface area contributed by atoms with Crippen molar-refractivity contribution in [3.8, 4) is 11.1 Å². The van der Waals surface area contributed by atoms with Gasteiger partial charge in [0.2, 0.25) is 0 Å². The van der Waals surface area contributed by atoms with E-state index in [0.717, 1.165) is 16.7 Å². The summed E-state index contributed by atoms with van der Waals surface area (Å²) in [5, 5.41) is 0. The molecule has 5 heteroatoms. The molecule has 0 N–H and O–H groups in total. The number of nitrogens with zero attached hydrogens (tertiary/aromatic N) is 2. The van der Waals surface area contributed by atoms with Crippen LogP contribution in [0.25, 0.3) is 11.1 Å². The van der Waals surface area contributed by atoms with E-state index in [2.05, 4.69) is 60.5 Å². The number of methoxy groups -OCH3 is 1. The molecule has 0 fully saturated rings. The highest BCUT2D eigenvalue weighted by Crippen LogP contribution is 2.34. The van der Waals surface area contributed by atoms with E-state index in [1.165, 1.54) is 5.56 Å². The Balaban J connectivity index is 1.52. The third-order valence-corrected chi connectivity index (χ3v) is 5.96. The Morgan fingerprint density at radius 2 is 1.81 bits per heavy atom. The van der Waals surface area contributed by atoms with Crippen LogP contribution in [0.2, 0.25) is 0 Å². The lowest BCUT2D eigenvalue weighted by Crippen LogP contribution is -2.41. The van der Waals surface area contributed by atoms with Crippen molar-refractivity contribution in [3.63, 3.8) is 0 Å². The summed E-state index contributed by atoms with van der Waals surface area (Å²) in [6, 6.07) is 22.3. The highest BCUT2D eigenvalue weighted by atomic mass is 16.5. The summed E-state index contributed by atoms with van der Waals surface area (Å²) < 4.78 is 13.4. The Kier molecular flexibility index (Phi) is 6.07. The molecule has 1 aliphatic rings. The SMILES string of the molecule is COCC1(c2ccccc2)C=CN([C@@H](C)c2ccc(-c3ccn(C)c(=O)c3)cc2)CO1. The molecule has 0 saturated carbocycles. The topological polar surface area (TPSA) is 43.7 Å². The molecule has 5 nitrogen and oxygen atoms in total. The monoisotopic (exact) mass is 416 g/mol. The van der Waals surface area contributed by atoms with Crippen LogP contribution >= 0.6 is 0 Å². The smallest absolute Gasteiger partial charge is 0.250 e. The first-order valence-electron chi connectivity index (χ1n) is 10.4. The maximum Gasteiger partial charge on any atom is 0.250 e. The molecule has 1 aromatic heterocycles. The van der Waals surface area contributed by atoms with E-state index >= 15 is 0 Å². The number of benzene rings is 2. The van der Waals surface area contributed by atoms with Gasteiger partial charge in [0.25, 0.3) is 5.56 Å². The molecule has 0 spiro atoms. The third kappa shape index (κ3) is 4.33. The number of aryl methyl sites for hydroxylation is 1. The van der Waals surface area contributed by atoms with Gasteiger partial charge < -0.3 is 18.9 Å². The fourth-order valence-corrected chi connectivity index (χ4v) is 3.90. The highest BCUT2D eigenvalue weighted by Gasteiger charge is 2.34. The van der Waals surface area contributed by atoms with Gasteiger partial charge in [-0.25, -0.2) is 0 Å². The standard InChI is InChI=1S/C26H28N2O3/c1-20(21-9-11-22(12-10-21)23-13-15-27(2)25(29)17-23)28-16-14-26(18-30-3,31-19-28)24-7-5-4-6-8-24/h4-17,20H,18-19H2,1-3H3/t20-,26?/m0/s1. The fraction of sp³-hybridized carbons (Fsp3) is 0.269. The summed E-state index contributed by atoms with van der Waals surface area (Å²) >= 11 is 0. The van der Waals surface area contributed by atoms with Gasteiger partial charge in [-0.05, 0) is 41.3 Å². The van der Waals surface area contributed by atoms with Gasteiger partial charge in [-0.1, -0.05) is 54.6 Å². The van der Waals surface area contributed by atoms with E-state index in [1.54, 1.807) is 31.0 Å². The Morgan fingerprint density at radius 1 is 1.06 bits per heavy atom. The third-order valence-electron chi connectivity index (χ3n) is 5.96. The quantitative estimate of drug-likeness (QED) is 0.595. The molecule has 160 valence electrons. The molecule has 2 aromatic carbocycles. The first-order valence-corrected chi connectivity index (χ1v) is 10.4. The predicted octanol–water partition coefficient (Wildman–Crippen LogP) is 4.46. The second kappa shape index (κ2) is 8.92. The lowest BCUT2D eigenvalue weighted by molar-refractivity contribution is -0.112. The molecule has 0 saturated heterocycles. The van der Waals surface area contributed by atoms with Crippen LogP contribution in [0.3, 0.4) is 0 Å². The van der Waals surface area contributed by atoms with Gasteiger partial charge in [-0.3, -0.25) is 4.79 Å². The lowest BCUT2D eigenvalue weighted by Gasteiger charge is -2.40. The van der Waals surface area contributed by atoms with Crippen molar-refractivity contribution in [3.05, 3.63) is 107 Å². The average Bonchev–Trinajstić information content (AvgIpc) is 2.82. The molecule has 31 heavy (non-hydrogen) atoms. The van der Waals surface area contributed by atoms with Crippen molar-refractivity contribution < 1.29 is 9.47 Å². The molecule has 0 amide bonds. The molecule has 2 heterocycles. The summed E-state index contributed by atoms with van der Waals surface area (Å²) in [5.41, 5.74) is 3.63. The van der Waals surface area contributed by atoms with E-state index in [-0.39, 0.29) is 11.6 Å². The molecule has 2 atom stereocenters. The summed E-state index contributed by atoms with van der Waals surface area (Å²) in [7, 11) is 3.45. The van der Waals surface area contributed by atoms with Crippen molar-refractivity contribution in [2.24, 2.45) is 7.05 Å². The van der Waals surface area contributed by atoms with E-state index in [0.29, 0.717) is 13.3 Å². The summed E-state index contributed by atoms with van der Waals surface area (Å²) in [4.78, 5) is 14.1. The Bertz CT molecular complexity index is 1110. The first-order chi connectivity index (χ1) is 15.0. The van der Waals surface area contributed by atoms with Crippen LogP contribution in [-0.4, -0.2) is 29.9 Å². The molecule has 0 aliphatic carbocycles. The Labute approximate surface area is 183 Å². The second-order valence-corrected chi connectivity index (χ2v) is 7.95. The predicted molar refractivity (Wildman–Crippen MR) is 122 cm³/mol. The minimum absolute atomic E-state index is 0.0106. The molecule has 3 aromatic rings. The zero-order chi connectivity index (χ0) is 21.8. The fourth-order valence-electron chi connectivity index (χ4n) is 3.90. The Morgan fingerprint density at radius 3 is 2.42 bits per heavy atom. The van der Waals surface area contributed by atoms with Crippen molar-refractivity contribution in [2.45, 2.75) is 18.6 Å². The summed E-state index contributed by atoms with van der Waals surface area (Å²) in [5.74, 6) is 0. The number of pyridine rings is 1. The number of aromatic nitrogens is 1. The molecule has 4 rings (SSSR count). The maximum absolute atomic E-state index is 11.9. The van der Waals surface area contributed by atoms with Gasteiger partial charge in [-0.2, -0.15) is 0 Å². The zero-order valence-electron chi connectivity index (χ0n) is 18.2. The van der Waals surface area contributed by atoms with Crippen molar-refractivity contribution in [1.82, 2.24) is 9.47 Å². The maximum atomic E-state index is 11.9. The largest absolute Gasteiger partial charge is 0.381 e. The van der Waals surface area contributed by atoms with Crippen LogP contribution < -0.4 is 5.56 Å². The van der Waals surface area contributed by atoms with E-state index in [4.69, 9.17) is 9.47 Å². The minimum atomic E-state index is -0.574. The van der Waals surface area contributed by atoms with Crippen molar-refractivity contribution in [1.29, 1.82) is 0 Å². The van der Waals surface area contributed by atoms with Crippen molar-refractivity contribution >= 4 is 0 Å². The lowest BCUT2D eigenvalue weighted by atomic mass is 9.93. The van der Waals surface area contributed by atoms with Gasteiger partial charge in [-0.15, -0.1) is 0 Å². The van der Waals surface area contributed by atoms with Crippen LogP contribution in [0, 0.1) is 0 Å². The summed E-state index contributed by atoms with van der Waals surface area (Å²) in [6.45, 7) is 3.08. The molecular formula is C26H28N2O3. The highest BCUT2D eigenvalue weighted by molar-refractivity contribution is 5.63. The van der Waals surface area contributed by atoms with Crippen LogP contribution in [0.1, 0.15) is 24.1 Å². The van der Waals surface area contributed by atoms with Crippen LogP contribution in [0.5, 0.6) is 0 Å². The molecule has 0 radical (unpaired) electrons. The van der Waals surface area contributed by atoms with Crippen LogP contribution in [0.15, 0.2) is 90.0 Å². The number of ether oxygens (including phenoxy) is 2. The normalized spacial score (nSPS) is 19.4. The Hall–Kier alpha value is -3.15. The number of hydrogen-bond donors (Lipinski definition) is 0. The number of hydrogen-bond acceptors (Lipinski definition) is 4. The van der Waals surface area contributed by atoms with E-state index in [1.807, 2.05) is 24.3 Å². The molecule has 0 bridgehead atoms. The van der Waals surface area contributed by atoms with Gasteiger partial charge in [0, 0.05) is 32.6 Å². The molecule has 1 aliphatic heterocycles. The van der Waals surface area contributed by atoms with Crippen LogP contribution in [-0.2, 0) is 22.1 Å². The number of rotatable bonds is 6. The van der Waals surface area contributed by atoms with Gasteiger partial charge in [0.1, 0.15) is 12.3 Å². The first kappa shape index (κ1) is 21.1. The molecule has 1 unspecified atom stereocenters. The van der Waals surface area contributed by atoms with Crippen LogP contribution in [0.4, 0.5) is 0 Å². The van der Waals surface area contributed by atoms with Crippen molar-refractivity contribution in [2.75, 3.05) is 20.4 Å². The van der Waals surface area contributed by atoms with Gasteiger partial charge >= 0.3 is 0 Å². The van der Waals surface area contributed by atoms with Gasteiger partial charge in [0.15, 0.2) is 0 Å². The van der Waals surface area contributed by atoms with Gasteiger partial charge in [0.05, 0.1) is 12.6 Å².